The summed E-state index contributed by atoms with van der Waals surface area (Å²) in [6.07, 6.45) is 1.78. The highest BCUT2D eigenvalue weighted by atomic mass is 16.6. The van der Waals surface area contributed by atoms with Gasteiger partial charge in [-0.05, 0) is 51.0 Å². The Balaban J connectivity index is 1.98. The van der Waals surface area contributed by atoms with Gasteiger partial charge in [-0.1, -0.05) is 13.8 Å². The Morgan fingerprint density at radius 1 is 0.844 bits per heavy atom. The zero-order valence-electron chi connectivity index (χ0n) is 19.4. The summed E-state index contributed by atoms with van der Waals surface area (Å²) >= 11 is 0. The third-order valence-electron chi connectivity index (χ3n) is 5.14. The van der Waals surface area contributed by atoms with E-state index in [2.05, 4.69) is 6.92 Å². The second-order valence-corrected chi connectivity index (χ2v) is 7.49. The SMILES string of the molecule is CCC(C)Oc1ccc(Oc2cc(=O)c3c(OC)c(OC)c(OC(C)CC)cc3o2)cc1. The van der Waals surface area contributed by atoms with Gasteiger partial charge in [0.2, 0.25) is 11.2 Å². The third-order valence-corrected chi connectivity index (χ3v) is 5.14. The van der Waals surface area contributed by atoms with Crippen LogP contribution in [0, 0.1) is 0 Å². The monoisotopic (exact) mass is 442 g/mol. The van der Waals surface area contributed by atoms with Crippen molar-refractivity contribution in [3.8, 4) is 34.7 Å². The minimum Gasteiger partial charge on any atom is -0.492 e. The van der Waals surface area contributed by atoms with E-state index in [1.165, 1.54) is 20.3 Å². The topological polar surface area (TPSA) is 76.4 Å². The molecule has 2 atom stereocenters. The van der Waals surface area contributed by atoms with Crippen LogP contribution in [-0.2, 0) is 0 Å². The normalized spacial score (nSPS) is 12.8. The molecule has 0 aliphatic carbocycles. The molecular weight excluding hydrogens is 412 g/mol. The van der Waals surface area contributed by atoms with Gasteiger partial charge in [-0.15, -0.1) is 0 Å². The van der Waals surface area contributed by atoms with Gasteiger partial charge in [0, 0.05) is 6.07 Å². The van der Waals surface area contributed by atoms with Crippen LogP contribution < -0.4 is 29.1 Å². The molecule has 0 saturated carbocycles. The van der Waals surface area contributed by atoms with Crippen LogP contribution in [0.15, 0.2) is 45.6 Å². The van der Waals surface area contributed by atoms with Crippen molar-refractivity contribution >= 4 is 11.0 Å². The number of hydrogen-bond donors (Lipinski definition) is 0. The lowest BCUT2D eigenvalue weighted by atomic mass is 10.1. The Bertz CT molecular complexity index is 1100. The molecule has 172 valence electrons. The number of ether oxygens (including phenoxy) is 5. The van der Waals surface area contributed by atoms with Crippen molar-refractivity contribution in [2.75, 3.05) is 14.2 Å². The summed E-state index contributed by atoms with van der Waals surface area (Å²) < 4.78 is 34.4. The van der Waals surface area contributed by atoms with Crippen molar-refractivity contribution in [2.24, 2.45) is 0 Å². The van der Waals surface area contributed by atoms with Crippen molar-refractivity contribution in [2.45, 2.75) is 52.7 Å². The molecule has 32 heavy (non-hydrogen) atoms. The lowest BCUT2D eigenvalue weighted by Crippen LogP contribution is -2.12. The molecule has 2 unspecified atom stereocenters. The van der Waals surface area contributed by atoms with Crippen molar-refractivity contribution in [3.05, 3.63) is 46.6 Å². The standard InChI is InChI=1S/C25H30O7/c1-7-15(3)29-17-9-11-18(12-10-17)31-22-13-19(26)23-20(32-22)14-21(30-16(4)8-2)24(27-5)25(23)28-6/h9-16H,7-8H2,1-6H3. The van der Waals surface area contributed by atoms with Crippen LogP contribution in [0.1, 0.15) is 40.5 Å². The van der Waals surface area contributed by atoms with E-state index in [0.29, 0.717) is 17.2 Å². The summed E-state index contributed by atoms with van der Waals surface area (Å²) in [4.78, 5) is 12.9. The van der Waals surface area contributed by atoms with E-state index < -0.39 is 0 Å². The van der Waals surface area contributed by atoms with E-state index in [-0.39, 0.29) is 40.3 Å². The number of hydrogen-bond acceptors (Lipinski definition) is 7. The molecule has 0 aliphatic heterocycles. The van der Waals surface area contributed by atoms with Crippen LogP contribution in [0.4, 0.5) is 0 Å². The third kappa shape index (κ3) is 5.10. The summed E-state index contributed by atoms with van der Waals surface area (Å²) in [5.74, 6) is 2.35. The molecule has 7 nitrogen and oxygen atoms in total. The maximum atomic E-state index is 12.9. The van der Waals surface area contributed by atoms with Crippen molar-refractivity contribution in [3.63, 3.8) is 0 Å². The molecule has 3 aromatic rings. The highest BCUT2D eigenvalue weighted by Gasteiger charge is 2.22. The molecule has 0 fully saturated rings. The molecule has 2 aromatic carbocycles. The minimum absolute atomic E-state index is 0.0554. The molecule has 0 spiro atoms. The zero-order valence-corrected chi connectivity index (χ0v) is 19.4. The molecule has 0 saturated heterocycles. The van der Waals surface area contributed by atoms with Crippen LogP contribution in [0.5, 0.6) is 34.7 Å². The maximum absolute atomic E-state index is 12.9. The predicted molar refractivity (Wildman–Crippen MR) is 123 cm³/mol. The van der Waals surface area contributed by atoms with E-state index in [0.717, 1.165) is 18.6 Å². The van der Waals surface area contributed by atoms with Gasteiger partial charge < -0.3 is 28.1 Å². The highest BCUT2D eigenvalue weighted by Crippen LogP contribution is 2.43. The Labute approximate surface area is 187 Å². The van der Waals surface area contributed by atoms with Gasteiger partial charge in [-0.2, -0.15) is 0 Å². The Morgan fingerprint density at radius 2 is 1.44 bits per heavy atom. The fourth-order valence-electron chi connectivity index (χ4n) is 3.07. The van der Waals surface area contributed by atoms with Crippen LogP contribution in [-0.4, -0.2) is 26.4 Å². The first-order valence-electron chi connectivity index (χ1n) is 10.7. The van der Waals surface area contributed by atoms with Gasteiger partial charge in [0.25, 0.3) is 5.95 Å². The molecule has 0 amide bonds. The number of methoxy groups -OCH3 is 2. The number of rotatable bonds is 10. The Hall–Kier alpha value is -3.35. The van der Waals surface area contributed by atoms with Crippen molar-refractivity contribution in [1.29, 1.82) is 0 Å². The van der Waals surface area contributed by atoms with E-state index in [9.17, 15) is 4.79 Å². The average Bonchev–Trinajstić information content (AvgIpc) is 2.79. The molecule has 0 bridgehead atoms. The van der Waals surface area contributed by atoms with E-state index in [1.54, 1.807) is 18.2 Å². The molecular formula is C25H30O7. The molecule has 3 rings (SSSR count). The lowest BCUT2D eigenvalue weighted by molar-refractivity contribution is 0.205. The minimum atomic E-state index is -0.316. The molecule has 1 aromatic heterocycles. The maximum Gasteiger partial charge on any atom is 0.294 e. The smallest absolute Gasteiger partial charge is 0.294 e. The summed E-state index contributed by atoms with van der Waals surface area (Å²) in [6.45, 7) is 8.03. The van der Waals surface area contributed by atoms with E-state index in [1.807, 2.05) is 32.9 Å². The first-order chi connectivity index (χ1) is 15.4. The van der Waals surface area contributed by atoms with Gasteiger partial charge in [0.05, 0.1) is 32.5 Å². The summed E-state index contributed by atoms with van der Waals surface area (Å²) in [5.41, 5.74) is -0.0385. The quantitative estimate of drug-likeness (QED) is 0.383. The molecule has 1 heterocycles. The number of benzene rings is 2. The average molecular weight is 443 g/mol. The van der Waals surface area contributed by atoms with E-state index in [4.69, 9.17) is 28.1 Å². The van der Waals surface area contributed by atoms with Crippen molar-refractivity contribution < 1.29 is 28.1 Å². The second-order valence-electron chi connectivity index (χ2n) is 7.49. The van der Waals surface area contributed by atoms with Gasteiger partial charge in [-0.3, -0.25) is 4.79 Å². The number of fused-ring (bicyclic) bond motifs is 1. The van der Waals surface area contributed by atoms with Gasteiger partial charge in [-0.25, -0.2) is 0 Å². The van der Waals surface area contributed by atoms with Gasteiger partial charge in [0.15, 0.2) is 11.5 Å². The van der Waals surface area contributed by atoms with E-state index >= 15 is 0 Å². The summed E-state index contributed by atoms with van der Waals surface area (Å²) in [6, 6.07) is 10.0. The van der Waals surface area contributed by atoms with Crippen LogP contribution in [0.25, 0.3) is 11.0 Å². The molecule has 0 aliphatic rings. The summed E-state index contributed by atoms with van der Waals surface area (Å²) in [5, 5.41) is 0.255. The van der Waals surface area contributed by atoms with Gasteiger partial charge in [0.1, 0.15) is 22.5 Å². The highest BCUT2D eigenvalue weighted by molar-refractivity contribution is 5.89. The first-order valence-corrected chi connectivity index (χ1v) is 10.7. The zero-order chi connectivity index (χ0) is 23.3. The Kier molecular flexibility index (Phi) is 7.51. The van der Waals surface area contributed by atoms with Crippen LogP contribution >= 0.6 is 0 Å². The second kappa shape index (κ2) is 10.3. The molecule has 0 N–H and O–H groups in total. The largest absolute Gasteiger partial charge is 0.492 e. The first kappa shape index (κ1) is 23.3. The van der Waals surface area contributed by atoms with Crippen LogP contribution in [0.3, 0.4) is 0 Å². The molecule has 0 radical (unpaired) electrons. The fraction of sp³-hybridized carbons (Fsp3) is 0.400. The Morgan fingerprint density at radius 3 is 2.03 bits per heavy atom. The van der Waals surface area contributed by atoms with Gasteiger partial charge >= 0.3 is 0 Å². The van der Waals surface area contributed by atoms with Crippen LogP contribution in [0.2, 0.25) is 0 Å². The predicted octanol–water partition coefficient (Wildman–Crippen LogP) is 5.96. The lowest BCUT2D eigenvalue weighted by Gasteiger charge is -2.18. The van der Waals surface area contributed by atoms with Crippen molar-refractivity contribution in [1.82, 2.24) is 0 Å². The fourth-order valence-corrected chi connectivity index (χ4v) is 3.07. The summed E-state index contributed by atoms with van der Waals surface area (Å²) in [7, 11) is 2.97. The molecule has 7 heteroatoms.